The lowest BCUT2D eigenvalue weighted by atomic mass is 10.1. The van der Waals surface area contributed by atoms with Gasteiger partial charge >= 0.3 is 0 Å². The Morgan fingerprint density at radius 3 is 2.80 bits per heavy atom. The summed E-state index contributed by atoms with van der Waals surface area (Å²) in [4.78, 5) is 0. The maximum absolute atomic E-state index is 12.7. The molecule has 0 radical (unpaired) electrons. The summed E-state index contributed by atoms with van der Waals surface area (Å²) in [6.45, 7) is 5.00. The molecule has 0 unspecified atom stereocenters. The van der Waals surface area contributed by atoms with Crippen molar-refractivity contribution in [2.24, 2.45) is 0 Å². The Hall–Kier alpha value is -1.09. The Morgan fingerprint density at radius 2 is 2.20 bits per heavy atom. The van der Waals surface area contributed by atoms with E-state index in [0.717, 1.165) is 31.0 Å². The molecule has 0 saturated heterocycles. The second-order valence-corrected chi connectivity index (χ2v) is 3.73. The summed E-state index contributed by atoms with van der Waals surface area (Å²) in [5.74, 6) is -0.386. The highest BCUT2D eigenvalue weighted by molar-refractivity contribution is 5.34. The second kappa shape index (κ2) is 5.71. The van der Waals surface area contributed by atoms with Crippen molar-refractivity contribution in [2.75, 3.05) is 6.54 Å². The third-order valence-corrected chi connectivity index (χ3v) is 2.44. The lowest BCUT2D eigenvalue weighted by Crippen LogP contribution is -2.19. The van der Waals surface area contributed by atoms with Gasteiger partial charge in [-0.3, -0.25) is 0 Å². The van der Waals surface area contributed by atoms with Gasteiger partial charge in [0.05, 0.1) is 0 Å². The SMILES string of the molecule is CCCCN[C@@H](C)c1ccc(F)cc1O. The molecule has 2 nitrogen and oxygen atoms in total. The van der Waals surface area contributed by atoms with E-state index in [2.05, 4.69) is 12.2 Å². The Labute approximate surface area is 90.1 Å². The second-order valence-electron chi connectivity index (χ2n) is 3.73. The van der Waals surface area contributed by atoms with Crippen LogP contribution in [0.5, 0.6) is 5.75 Å². The number of phenols is 1. The number of phenolic OH excluding ortho intramolecular Hbond substituents is 1. The first-order valence-corrected chi connectivity index (χ1v) is 5.37. The summed E-state index contributed by atoms with van der Waals surface area (Å²) >= 11 is 0. The predicted octanol–water partition coefficient (Wildman–Crippen LogP) is 2.98. The van der Waals surface area contributed by atoms with Crippen LogP contribution in [0.25, 0.3) is 0 Å². The molecule has 0 aromatic heterocycles. The van der Waals surface area contributed by atoms with Gasteiger partial charge in [-0.15, -0.1) is 0 Å². The maximum atomic E-state index is 12.7. The minimum Gasteiger partial charge on any atom is -0.508 e. The van der Waals surface area contributed by atoms with Gasteiger partial charge in [0.15, 0.2) is 0 Å². The molecule has 1 aromatic carbocycles. The van der Waals surface area contributed by atoms with E-state index >= 15 is 0 Å². The lowest BCUT2D eigenvalue weighted by Gasteiger charge is -2.15. The molecule has 0 fully saturated rings. The van der Waals surface area contributed by atoms with Crippen LogP contribution in [-0.2, 0) is 0 Å². The van der Waals surface area contributed by atoms with Crippen molar-refractivity contribution < 1.29 is 9.50 Å². The first kappa shape index (κ1) is 12.0. The summed E-state index contributed by atoms with van der Waals surface area (Å²) in [6.07, 6.45) is 2.24. The molecule has 0 saturated carbocycles. The Morgan fingerprint density at radius 1 is 1.47 bits per heavy atom. The van der Waals surface area contributed by atoms with Gasteiger partial charge in [0.1, 0.15) is 11.6 Å². The smallest absolute Gasteiger partial charge is 0.126 e. The molecule has 84 valence electrons. The maximum Gasteiger partial charge on any atom is 0.126 e. The molecule has 3 heteroatoms. The van der Waals surface area contributed by atoms with E-state index in [1.807, 2.05) is 6.92 Å². The molecular formula is C12H18FNO. The number of aromatic hydroxyl groups is 1. The number of rotatable bonds is 5. The topological polar surface area (TPSA) is 32.3 Å². The fraction of sp³-hybridized carbons (Fsp3) is 0.500. The van der Waals surface area contributed by atoms with Gasteiger partial charge in [0.2, 0.25) is 0 Å². The van der Waals surface area contributed by atoms with Crippen molar-refractivity contribution in [3.05, 3.63) is 29.6 Å². The van der Waals surface area contributed by atoms with Crippen LogP contribution < -0.4 is 5.32 Å². The van der Waals surface area contributed by atoms with Gasteiger partial charge in [-0.25, -0.2) is 4.39 Å². The van der Waals surface area contributed by atoms with Gasteiger partial charge in [-0.05, 0) is 26.0 Å². The molecule has 0 aliphatic carbocycles. The first-order chi connectivity index (χ1) is 7.15. The van der Waals surface area contributed by atoms with Crippen molar-refractivity contribution >= 4 is 0 Å². The van der Waals surface area contributed by atoms with Crippen LogP contribution in [0.3, 0.4) is 0 Å². The number of hydrogen-bond acceptors (Lipinski definition) is 2. The predicted molar refractivity (Wildman–Crippen MR) is 59.4 cm³/mol. The molecule has 0 bridgehead atoms. The van der Waals surface area contributed by atoms with Crippen LogP contribution in [0.2, 0.25) is 0 Å². The Balaban J connectivity index is 2.61. The number of unbranched alkanes of at least 4 members (excludes halogenated alkanes) is 1. The van der Waals surface area contributed by atoms with E-state index in [9.17, 15) is 9.50 Å². The molecule has 0 aliphatic heterocycles. The molecule has 0 heterocycles. The molecule has 15 heavy (non-hydrogen) atoms. The standard InChI is InChI=1S/C12H18FNO/c1-3-4-7-14-9(2)11-6-5-10(13)8-12(11)15/h5-6,8-9,14-15H,3-4,7H2,1-2H3/t9-/m0/s1. The van der Waals surface area contributed by atoms with Gasteiger partial charge in [-0.1, -0.05) is 19.4 Å². The zero-order valence-electron chi connectivity index (χ0n) is 9.26. The highest BCUT2D eigenvalue weighted by Crippen LogP contribution is 2.24. The summed E-state index contributed by atoms with van der Waals surface area (Å²) < 4.78 is 12.7. The van der Waals surface area contributed by atoms with E-state index in [1.54, 1.807) is 6.07 Å². The minimum absolute atomic E-state index is 0.0199. The molecule has 1 rings (SSSR count). The first-order valence-electron chi connectivity index (χ1n) is 5.37. The highest BCUT2D eigenvalue weighted by Gasteiger charge is 2.09. The highest BCUT2D eigenvalue weighted by atomic mass is 19.1. The average molecular weight is 211 g/mol. The molecule has 2 N–H and O–H groups in total. The average Bonchev–Trinajstić information content (AvgIpc) is 2.17. The summed E-state index contributed by atoms with van der Waals surface area (Å²) in [6, 6.07) is 4.19. The van der Waals surface area contributed by atoms with Gasteiger partial charge in [0, 0.05) is 17.7 Å². The van der Waals surface area contributed by atoms with Crippen molar-refractivity contribution in [1.82, 2.24) is 5.32 Å². The monoisotopic (exact) mass is 211 g/mol. The summed E-state index contributed by atoms with van der Waals surface area (Å²) in [5, 5.41) is 12.8. The van der Waals surface area contributed by atoms with E-state index in [0.29, 0.717) is 0 Å². The van der Waals surface area contributed by atoms with Crippen molar-refractivity contribution in [3.8, 4) is 5.75 Å². The fourth-order valence-electron chi connectivity index (χ4n) is 1.49. The lowest BCUT2D eigenvalue weighted by molar-refractivity contribution is 0.446. The third kappa shape index (κ3) is 3.51. The number of halogens is 1. The number of nitrogens with one attached hydrogen (secondary N) is 1. The summed E-state index contributed by atoms with van der Waals surface area (Å²) in [5.41, 5.74) is 0.743. The molecule has 1 atom stereocenters. The minimum atomic E-state index is -0.406. The third-order valence-electron chi connectivity index (χ3n) is 2.44. The normalized spacial score (nSPS) is 12.7. The molecule has 0 spiro atoms. The van der Waals surface area contributed by atoms with Crippen LogP contribution in [0.1, 0.15) is 38.3 Å². The van der Waals surface area contributed by atoms with Crippen molar-refractivity contribution in [1.29, 1.82) is 0 Å². The van der Waals surface area contributed by atoms with Crippen LogP contribution >= 0.6 is 0 Å². The van der Waals surface area contributed by atoms with Crippen LogP contribution in [0.15, 0.2) is 18.2 Å². The zero-order valence-corrected chi connectivity index (χ0v) is 9.26. The summed E-state index contributed by atoms with van der Waals surface area (Å²) in [7, 11) is 0. The van der Waals surface area contributed by atoms with E-state index in [1.165, 1.54) is 6.07 Å². The van der Waals surface area contributed by atoms with Crippen LogP contribution in [0, 0.1) is 5.82 Å². The van der Waals surface area contributed by atoms with Crippen LogP contribution in [0.4, 0.5) is 4.39 Å². The molecule has 0 amide bonds. The Bertz CT molecular complexity index is 314. The fourth-order valence-corrected chi connectivity index (χ4v) is 1.49. The van der Waals surface area contributed by atoms with Crippen molar-refractivity contribution in [2.45, 2.75) is 32.7 Å². The number of benzene rings is 1. The largest absolute Gasteiger partial charge is 0.508 e. The molecular weight excluding hydrogens is 193 g/mol. The van der Waals surface area contributed by atoms with Gasteiger partial charge < -0.3 is 10.4 Å². The molecule has 1 aromatic rings. The Kier molecular flexibility index (Phi) is 4.56. The quantitative estimate of drug-likeness (QED) is 0.734. The zero-order chi connectivity index (χ0) is 11.3. The van der Waals surface area contributed by atoms with Crippen molar-refractivity contribution in [3.63, 3.8) is 0 Å². The van der Waals surface area contributed by atoms with E-state index in [-0.39, 0.29) is 11.8 Å². The van der Waals surface area contributed by atoms with E-state index in [4.69, 9.17) is 0 Å². The van der Waals surface area contributed by atoms with Gasteiger partial charge in [0.25, 0.3) is 0 Å². The molecule has 0 aliphatic rings. The van der Waals surface area contributed by atoms with Crippen LogP contribution in [-0.4, -0.2) is 11.7 Å². The number of hydrogen-bond donors (Lipinski definition) is 2. The van der Waals surface area contributed by atoms with Gasteiger partial charge in [-0.2, -0.15) is 0 Å². The van der Waals surface area contributed by atoms with E-state index < -0.39 is 5.82 Å².